The Kier molecular flexibility index (Phi) is 4.06. The number of fused-ring (bicyclic) bond motifs is 1. The molecule has 4 rings (SSSR count). The van der Waals surface area contributed by atoms with E-state index in [-0.39, 0.29) is 28.0 Å². The Morgan fingerprint density at radius 3 is 2.59 bits per heavy atom. The van der Waals surface area contributed by atoms with Gasteiger partial charge in [-0.3, -0.25) is 10.2 Å². The third kappa shape index (κ3) is 3.11. The zero-order valence-corrected chi connectivity index (χ0v) is 14.9. The lowest BCUT2D eigenvalue weighted by Crippen LogP contribution is -2.50. The van der Waals surface area contributed by atoms with Crippen molar-refractivity contribution >= 4 is 17.0 Å². The fraction of sp³-hybridized carbons (Fsp3) is 0.500. The van der Waals surface area contributed by atoms with Gasteiger partial charge in [-0.05, 0) is 26.8 Å². The van der Waals surface area contributed by atoms with Crippen LogP contribution in [0.25, 0.3) is 22.4 Å². The third-order valence-electron chi connectivity index (χ3n) is 5.24. The molecule has 0 spiro atoms. The van der Waals surface area contributed by atoms with Crippen LogP contribution < -0.4 is 10.2 Å². The lowest BCUT2D eigenvalue weighted by atomic mass is 9.90. The molecule has 0 bridgehead atoms. The van der Waals surface area contributed by atoms with Gasteiger partial charge in [0.05, 0.1) is 23.7 Å². The Hall–Kier alpha value is -2.69. The number of nitrogens with one attached hydrogen (secondary N) is 3. The van der Waals surface area contributed by atoms with Gasteiger partial charge < -0.3 is 10.2 Å². The maximum absolute atomic E-state index is 13.1. The average molecular weight is 380 g/mol. The highest BCUT2D eigenvalue weighted by Gasteiger charge is 2.37. The summed E-state index contributed by atoms with van der Waals surface area (Å²) in [6, 6.07) is 0. The van der Waals surface area contributed by atoms with Crippen molar-refractivity contribution in [3.8, 4) is 11.3 Å². The number of piperidine rings is 1. The van der Waals surface area contributed by atoms with E-state index < -0.39 is 11.9 Å². The molecule has 3 aromatic rings. The normalized spacial score (nSPS) is 17.6. The predicted octanol–water partition coefficient (Wildman–Crippen LogP) is 2.34. The van der Waals surface area contributed by atoms with Crippen molar-refractivity contribution in [1.29, 1.82) is 0 Å². The topological polar surface area (TPSA) is 98.4 Å². The van der Waals surface area contributed by atoms with Crippen LogP contribution in [0.15, 0.2) is 12.4 Å². The molecule has 0 aromatic carbocycles. The molecular weight excluding hydrogens is 361 g/mol. The van der Waals surface area contributed by atoms with Crippen LogP contribution in [0.4, 0.5) is 19.0 Å². The first-order chi connectivity index (χ1) is 12.8. The number of H-pyrrole nitrogens is 2. The van der Waals surface area contributed by atoms with Crippen molar-refractivity contribution in [2.75, 3.05) is 25.0 Å². The quantitative estimate of drug-likeness (QED) is 0.645. The summed E-state index contributed by atoms with van der Waals surface area (Å²) in [7, 11) is 1.96. The Bertz CT molecular complexity index is 952. The van der Waals surface area contributed by atoms with Gasteiger partial charge in [-0.25, -0.2) is 9.97 Å². The Morgan fingerprint density at radius 2 is 1.93 bits per heavy atom. The van der Waals surface area contributed by atoms with E-state index in [9.17, 15) is 13.2 Å². The maximum Gasteiger partial charge on any atom is 0.433 e. The molecule has 3 N–H and O–H groups in total. The predicted molar refractivity (Wildman–Crippen MR) is 93.2 cm³/mol. The van der Waals surface area contributed by atoms with Gasteiger partial charge in [0.15, 0.2) is 0 Å². The maximum atomic E-state index is 13.1. The van der Waals surface area contributed by atoms with E-state index in [1.165, 1.54) is 0 Å². The first-order valence-electron chi connectivity index (χ1n) is 8.57. The van der Waals surface area contributed by atoms with Gasteiger partial charge in [-0.2, -0.15) is 23.4 Å². The first kappa shape index (κ1) is 17.7. The van der Waals surface area contributed by atoms with Crippen LogP contribution in [-0.4, -0.2) is 56.0 Å². The Balaban J connectivity index is 1.65. The molecule has 1 fully saturated rings. The molecule has 0 radical (unpaired) electrons. The second-order valence-electron chi connectivity index (χ2n) is 6.95. The van der Waals surface area contributed by atoms with Gasteiger partial charge in [0.2, 0.25) is 5.65 Å². The SMILES string of the molecule is CNC1(C)CCN(c2cnc3c(-c4cn[nH]c4C(F)(F)F)[nH]nc3n2)CC1. The van der Waals surface area contributed by atoms with E-state index in [2.05, 4.69) is 42.4 Å². The van der Waals surface area contributed by atoms with Crippen molar-refractivity contribution in [3.63, 3.8) is 0 Å². The largest absolute Gasteiger partial charge is 0.433 e. The summed E-state index contributed by atoms with van der Waals surface area (Å²) in [5, 5.41) is 15.5. The fourth-order valence-electron chi connectivity index (χ4n) is 3.30. The number of rotatable bonds is 3. The minimum absolute atomic E-state index is 0.100. The molecule has 11 heteroatoms. The van der Waals surface area contributed by atoms with Crippen LogP contribution in [-0.2, 0) is 6.18 Å². The van der Waals surface area contributed by atoms with Gasteiger partial charge in [0.1, 0.15) is 17.0 Å². The van der Waals surface area contributed by atoms with Gasteiger partial charge in [0.25, 0.3) is 0 Å². The third-order valence-corrected chi connectivity index (χ3v) is 5.24. The number of hydrogen-bond acceptors (Lipinski definition) is 6. The smallest absolute Gasteiger partial charge is 0.355 e. The van der Waals surface area contributed by atoms with Gasteiger partial charge in [0, 0.05) is 18.6 Å². The molecule has 1 aliphatic heterocycles. The molecule has 0 atom stereocenters. The van der Waals surface area contributed by atoms with Crippen LogP contribution in [0, 0.1) is 0 Å². The number of alkyl halides is 3. The zero-order valence-electron chi connectivity index (χ0n) is 14.9. The van der Waals surface area contributed by atoms with Crippen molar-refractivity contribution in [1.82, 2.24) is 35.7 Å². The van der Waals surface area contributed by atoms with Crippen molar-refractivity contribution in [3.05, 3.63) is 18.1 Å². The van der Waals surface area contributed by atoms with E-state index in [1.807, 2.05) is 12.1 Å². The molecule has 1 aliphatic rings. The number of nitrogens with zero attached hydrogens (tertiary/aromatic N) is 5. The molecule has 4 heterocycles. The second kappa shape index (κ2) is 6.19. The average Bonchev–Trinajstić information content (AvgIpc) is 3.28. The van der Waals surface area contributed by atoms with E-state index in [1.54, 1.807) is 6.20 Å². The minimum atomic E-state index is -4.55. The van der Waals surface area contributed by atoms with E-state index in [4.69, 9.17) is 0 Å². The van der Waals surface area contributed by atoms with Gasteiger partial charge >= 0.3 is 6.18 Å². The standard InChI is InChI=1S/C16H19F3N8/c1-15(20-2)3-5-27(6-4-15)10-8-21-12-11(24-26-14(12)23-10)9-7-22-25-13(9)16(17,18)19/h7-8,20H,3-6H2,1-2H3,(H,22,25)(H,23,24,26). The Morgan fingerprint density at radius 1 is 1.19 bits per heavy atom. The highest BCUT2D eigenvalue weighted by Crippen LogP contribution is 2.36. The number of aromatic nitrogens is 6. The summed E-state index contributed by atoms with van der Waals surface area (Å²) in [6.07, 6.45) is 0.0493. The van der Waals surface area contributed by atoms with Crippen LogP contribution in [0.1, 0.15) is 25.5 Å². The highest BCUT2D eigenvalue weighted by molar-refractivity contribution is 5.88. The van der Waals surface area contributed by atoms with Gasteiger partial charge in [-0.1, -0.05) is 0 Å². The second-order valence-corrected chi connectivity index (χ2v) is 6.95. The molecular formula is C16H19F3N8. The summed E-state index contributed by atoms with van der Waals surface area (Å²) in [4.78, 5) is 10.9. The summed E-state index contributed by atoms with van der Waals surface area (Å²) < 4.78 is 39.4. The summed E-state index contributed by atoms with van der Waals surface area (Å²) >= 11 is 0. The van der Waals surface area contributed by atoms with Crippen LogP contribution >= 0.6 is 0 Å². The van der Waals surface area contributed by atoms with Crippen molar-refractivity contribution < 1.29 is 13.2 Å². The van der Waals surface area contributed by atoms with Crippen LogP contribution in [0.5, 0.6) is 0 Å². The lowest BCUT2D eigenvalue weighted by molar-refractivity contribution is -0.140. The molecule has 3 aromatic heterocycles. The van der Waals surface area contributed by atoms with E-state index in [0.29, 0.717) is 5.82 Å². The first-order valence-corrected chi connectivity index (χ1v) is 8.57. The fourth-order valence-corrected chi connectivity index (χ4v) is 3.30. The zero-order chi connectivity index (χ0) is 19.2. The highest BCUT2D eigenvalue weighted by atomic mass is 19.4. The molecule has 144 valence electrons. The number of halogens is 3. The molecule has 0 amide bonds. The molecule has 0 aliphatic carbocycles. The van der Waals surface area contributed by atoms with Crippen LogP contribution in [0.2, 0.25) is 0 Å². The van der Waals surface area contributed by atoms with Crippen molar-refractivity contribution in [2.24, 2.45) is 0 Å². The molecule has 8 nitrogen and oxygen atoms in total. The van der Waals surface area contributed by atoms with Crippen LogP contribution in [0.3, 0.4) is 0 Å². The molecule has 1 saturated heterocycles. The van der Waals surface area contributed by atoms with E-state index >= 15 is 0 Å². The number of hydrogen-bond donors (Lipinski definition) is 3. The summed E-state index contributed by atoms with van der Waals surface area (Å²) in [6.45, 7) is 3.81. The molecule has 27 heavy (non-hydrogen) atoms. The molecule has 0 saturated carbocycles. The summed E-state index contributed by atoms with van der Waals surface area (Å²) in [5.74, 6) is 0.668. The summed E-state index contributed by atoms with van der Waals surface area (Å²) in [5.41, 5.74) is -0.271. The lowest BCUT2D eigenvalue weighted by Gasteiger charge is -2.39. The minimum Gasteiger partial charge on any atom is -0.355 e. The van der Waals surface area contributed by atoms with E-state index in [0.717, 1.165) is 32.1 Å². The Labute approximate surface area is 152 Å². The monoisotopic (exact) mass is 380 g/mol. The molecule has 0 unspecified atom stereocenters. The van der Waals surface area contributed by atoms with Crippen molar-refractivity contribution in [2.45, 2.75) is 31.5 Å². The number of aromatic amines is 2. The van der Waals surface area contributed by atoms with Gasteiger partial charge in [-0.15, -0.1) is 0 Å². The number of anilines is 1.